The van der Waals surface area contributed by atoms with Crippen LogP contribution in [0, 0.1) is 0 Å². The molecule has 3 heterocycles. The second kappa shape index (κ2) is 5.63. The Hall–Kier alpha value is -2.46. The molecular formula is C19H20N4. The normalized spacial score (nSPS) is 21.4. The second-order valence-electron chi connectivity index (χ2n) is 6.15. The highest BCUT2D eigenvalue weighted by Gasteiger charge is 2.32. The van der Waals surface area contributed by atoms with Gasteiger partial charge in [-0.15, -0.1) is 0 Å². The number of pyridine rings is 1. The first-order chi connectivity index (χ1) is 11.3. The number of nitrogens with zero attached hydrogens (tertiary/aromatic N) is 2. The zero-order chi connectivity index (χ0) is 15.7. The van der Waals surface area contributed by atoms with Gasteiger partial charge in [0.05, 0.1) is 6.20 Å². The summed E-state index contributed by atoms with van der Waals surface area (Å²) in [5.74, 6) is 0. The van der Waals surface area contributed by atoms with E-state index in [2.05, 4.69) is 69.9 Å². The van der Waals surface area contributed by atoms with Crippen LogP contribution in [0.2, 0.25) is 0 Å². The Morgan fingerprint density at radius 3 is 3.04 bits per heavy atom. The molecule has 1 unspecified atom stereocenters. The summed E-state index contributed by atoms with van der Waals surface area (Å²) < 4.78 is 0. The molecule has 0 aliphatic carbocycles. The third-order valence-corrected chi connectivity index (χ3v) is 4.78. The fraction of sp³-hybridized carbons (Fsp3) is 0.263. The van der Waals surface area contributed by atoms with Crippen molar-refractivity contribution < 1.29 is 0 Å². The molecule has 0 saturated carbocycles. The zero-order valence-corrected chi connectivity index (χ0v) is 13.2. The zero-order valence-electron chi connectivity index (χ0n) is 13.2. The maximum Gasteiger partial charge on any atom is 0.155 e. The van der Waals surface area contributed by atoms with Crippen molar-refractivity contribution in [3.63, 3.8) is 0 Å². The van der Waals surface area contributed by atoms with Crippen LogP contribution >= 0.6 is 0 Å². The van der Waals surface area contributed by atoms with Crippen molar-refractivity contribution in [2.24, 2.45) is 0 Å². The minimum Gasteiger partial charge on any atom is -0.315 e. The van der Waals surface area contributed by atoms with E-state index in [-0.39, 0.29) is 5.41 Å². The number of rotatable bonds is 3. The molecule has 1 aliphatic heterocycles. The maximum absolute atomic E-state index is 4.33. The Morgan fingerprint density at radius 2 is 2.22 bits per heavy atom. The number of hydrogen-bond donors (Lipinski definition) is 2. The Labute approximate surface area is 135 Å². The summed E-state index contributed by atoms with van der Waals surface area (Å²) in [6.45, 7) is 4.16. The van der Waals surface area contributed by atoms with E-state index in [9.17, 15) is 0 Å². The van der Waals surface area contributed by atoms with Crippen LogP contribution in [-0.4, -0.2) is 28.3 Å². The molecule has 1 atom stereocenters. The van der Waals surface area contributed by atoms with Gasteiger partial charge in [0, 0.05) is 23.5 Å². The van der Waals surface area contributed by atoms with Gasteiger partial charge < -0.3 is 5.32 Å². The number of H-pyrrole nitrogens is 1. The summed E-state index contributed by atoms with van der Waals surface area (Å²) in [6.07, 6.45) is 9.33. The molecule has 4 heteroatoms. The lowest BCUT2D eigenvalue weighted by Gasteiger charge is -2.25. The summed E-state index contributed by atoms with van der Waals surface area (Å²) in [7, 11) is 0. The Kier molecular flexibility index (Phi) is 3.46. The summed E-state index contributed by atoms with van der Waals surface area (Å²) in [5.41, 5.74) is 4.69. The van der Waals surface area contributed by atoms with Crippen molar-refractivity contribution >= 4 is 11.0 Å². The molecule has 0 radical (unpaired) electrons. The molecule has 2 N–H and O–H groups in total. The van der Waals surface area contributed by atoms with Crippen LogP contribution < -0.4 is 5.32 Å². The highest BCUT2D eigenvalue weighted by atomic mass is 15.1. The van der Waals surface area contributed by atoms with E-state index >= 15 is 0 Å². The molecule has 1 saturated heterocycles. The van der Waals surface area contributed by atoms with Crippen LogP contribution in [0.15, 0.2) is 54.9 Å². The van der Waals surface area contributed by atoms with Gasteiger partial charge in [0.2, 0.25) is 0 Å². The van der Waals surface area contributed by atoms with E-state index in [4.69, 9.17) is 0 Å². The Balaban J connectivity index is 1.84. The molecule has 23 heavy (non-hydrogen) atoms. The summed E-state index contributed by atoms with van der Waals surface area (Å²) in [5, 5.41) is 11.6. The molecule has 1 fully saturated rings. The first kappa shape index (κ1) is 14.2. The predicted molar refractivity (Wildman–Crippen MR) is 93.3 cm³/mol. The number of nitrogens with one attached hydrogen (secondary N) is 2. The second-order valence-corrected chi connectivity index (χ2v) is 6.15. The lowest BCUT2D eigenvalue weighted by Crippen LogP contribution is -2.26. The average molecular weight is 304 g/mol. The molecule has 0 amide bonds. The summed E-state index contributed by atoms with van der Waals surface area (Å²) in [4.78, 5) is 4.33. The quantitative estimate of drug-likeness (QED) is 0.729. The standard InChI is InChI=1S/C19H20N4/c1-2-7-19(8-10-20-13-19)15-5-3-4-14(11-15)16-6-9-21-18-17(16)12-22-23-18/h2-7,9,11-12,20H,8,10,13H2,1H3,(H,21,22,23)/b7-2-. The predicted octanol–water partition coefficient (Wildman–Crippen LogP) is 3.43. The lowest BCUT2D eigenvalue weighted by atomic mass is 9.78. The number of allylic oxidation sites excluding steroid dienone is 1. The van der Waals surface area contributed by atoms with Crippen molar-refractivity contribution in [2.45, 2.75) is 18.8 Å². The molecule has 1 aliphatic rings. The van der Waals surface area contributed by atoms with Crippen molar-refractivity contribution in [3.8, 4) is 11.1 Å². The van der Waals surface area contributed by atoms with Gasteiger partial charge in [-0.25, -0.2) is 4.98 Å². The highest BCUT2D eigenvalue weighted by Crippen LogP contribution is 2.35. The van der Waals surface area contributed by atoms with E-state index in [0.717, 1.165) is 30.5 Å². The van der Waals surface area contributed by atoms with Crippen LogP contribution in [0.5, 0.6) is 0 Å². The van der Waals surface area contributed by atoms with Crippen molar-refractivity contribution in [1.82, 2.24) is 20.5 Å². The van der Waals surface area contributed by atoms with Crippen molar-refractivity contribution in [2.75, 3.05) is 13.1 Å². The topological polar surface area (TPSA) is 53.6 Å². The number of hydrogen-bond acceptors (Lipinski definition) is 3. The van der Waals surface area contributed by atoms with Gasteiger partial charge in [0.15, 0.2) is 5.65 Å². The molecule has 2 aromatic heterocycles. The lowest BCUT2D eigenvalue weighted by molar-refractivity contribution is 0.594. The largest absolute Gasteiger partial charge is 0.315 e. The van der Waals surface area contributed by atoms with E-state index in [1.165, 1.54) is 16.7 Å². The SMILES string of the molecule is C/C=C\C1(c2cccc(-c3ccnc4[nH]ncc34)c2)CCNC1. The summed E-state index contributed by atoms with van der Waals surface area (Å²) >= 11 is 0. The Morgan fingerprint density at radius 1 is 1.26 bits per heavy atom. The third-order valence-electron chi connectivity index (χ3n) is 4.78. The van der Waals surface area contributed by atoms with E-state index in [0.29, 0.717) is 0 Å². The van der Waals surface area contributed by atoms with Crippen LogP contribution in [-0.2, 0) is 5.41 Å². The Bertz CT molecular complexity index is 856. The van der Waals surface area contributed by atoms with Crippen LogP contribution in [0.25, 0.3) is 22.2 Å². The number of aromatic amines is 1. The van der Waals surface area contributed by atoms with E-state index < -0.39 is 0 Å². The third kappa shape index (κ3) is 2.35. The van der Waals surface area contributed by atoms with Crippen LogP contribution in [0.3, 0.4) is 0 Å². The van der Waals surface area contributed by atoms with Gasteiger partial charge in [-0.3, -0.25) is 5.10 Å². The van der Waals surface area contributed by atoms with Crippen molar-refractivity contribution in [1.29, 1.82) is 0 Å². The first-order valence-corrected chi connectivity index (χ1v) is 8.06. The van der Waals surface area contributed by atoms with Crippen molar-refractivity contribution in [3.05, 3.63) is 60.4 Å². The van der Waals surface area contributed by atoms with Gasteiger partial charge >= 0.3 is 0 Å². The summed E-state index contributed by atoms with van der Waals surface area (Å²) in [6, 6.07) is 10.9. The molecule has 4 nitrogen and oxygen atoms in total. The molecule has 0 spiro atoms. The van der Waals surface area contributed by atoms with Gasteiger partial charge in [-0.05, 0) is 42.6 Å². The molecule has 0 bridgehead atoms. The minimum atomic E-state index is 0.104. The smallest absolute Gasteiger partial charge is 0.155 e. The monoisotopic (exact) mass is 304 g/mol. The fourth-order valence-electron chi connectivity index (χ4n) is 3.61. The fourth-order valence-corrected chi connectivity index (χ4v) is 3.61. The minimum absolute atomic E-state index is 0.104. The van der Waals surface area contributed by atoms with Gasteiger partial charge in [-0.1, -0.05) is 36.4 Å². The van der Waals surface area contributed by atoms with Crippen LogP contribution in [0.4, 0.5) is 0 Å². The molecule has 3 aromatic rings. The van der Waals surface area contributed by atoms with Gasteiger partial charge in [0.25, 0.3) is 0 Å². The van der Waals surface area contributed by atoms with Crippen LogP contribution in [0.1, 0.15) is 18.9 Å². The number of benzene rings is 1. The number of aromatic nitrogens is 3. The molecule has 4 rings (SSSR count). The maximum atomic E-state index is 4.33. The van der Waals surface area contributed by atoms with E-state index in [1.807, 2.05) is 12.4 Å². The number of fused-ring (bicyclic) bond motifs is 1. The first-order valence-electron chi connectivity index (χ1n) is 8.06. The molecule has 1 aromatic carbocycles. The van der Waals surface area contributed by atoms with E-state index in [1.54, 1.807) is 0 Å². The molecule has 116 valence electrons. The average Bonchev–Trinajstić information content (AvgIpc) is 3.24. The highest BCUT2D eigenvalue weighted by molar-refractivity contribution is 5.92. The van der Waals surface area contributed by atoms with Gasteiger partial charge in [0.1, 0.15) is 0 Å². The van der Waals surface area contributed by atoms with Gasteiger partial charge in [-0.2, -0.15) is 5.10 Å². The molecular weight excluding hydrogens is 284 g/mol.